The third kappa shape index (κ3) is 5.16. The summed E-state index contributed by atoms with van der Waals surface area (Å²) < 4.78 is 26.5. The third-order valence-corrected chi connectivity index (χ3v) is 4.27. The topological polar surface area (TPSA) is 72.2 Å². The molecule has 0 amide bonds. The Labute approximate surface area is 110 Å². The molecule has 4 nitrogen and oxygen atoms in total. The van der Waals surface area contributed by atoms with Gasteiger partial charge >= 0.3 is 0 Å². The van der Waals surface area contributed by atoms with Gasteiger partial charge in [0.1, 0.15) is 0 Å². The van der Waals surface area contributed by atoms with Gasteiger partial charge in [0.15, 0.2) is 0 Å². The van der Waals surface area contributed by atoms with E-state index in [1.807, 2.05) is 37.3 Å². The number of hydrogen-bond acceptors (Lipinski definition) is 3. The van der Waals surface area contributed by atoms with Crippen LogP contribution in [-0.4, -0.2) is 20.7 Å². The van der Waals surface area contributed by atoms with Crippen LogP contribution in [0.3, 0.4) is 0 Å². The van der Waals surface area contributed by atoms with Gasteiger partial charge in [0.05, 0.1) is 5.75 Å². The Hall–Kier alpha value is -0.910. The van der Waals surface area contributed by atoms with E-state index in [2.05, 4.69) is 4.72 Å². The van der Waals surface area contributed by atoms with Crippen LogP contribution in [-0.2, 0) is 10.0 Å². The molecule has 0 spiro atoms. The van der Waals surface area contributed by atoms with Crippen LogP contribution in [0.4, 0.5) is 0 Å². The normalized spacial score (nSPS) is 13.4. The van der Waals surface area contributed by atoms with E-state index in [9.17, 15) is 8.42 Å². The molecule has 1 rings (SSSR count). The van der Waals surface area contributed by atoms with Crippen LogP contribution in [0.5, 0.6) is 0 Å². The molecule has 18 heavy (non-hydrogen) atoms. The van der Waals surface area contributed by atoms with Gasteiger partial charge in [-0.25, -0.2) is 13.1 Å². The van der Waals surface area contributed by atoms with Crippen LogP contribution in [0, 0.1) is 0 Å². The molecule has 0 heterocycles. The molecule has 1 aromatic rings. The van der Waals surface area contributed by atoms with Crippen LogP contribution in [0.2, 0.25) is 0 Å². The predicted molar refractivity (Wildman–Crippen MR) is 74.7 cm³/mol. The first kappa shape index (κ1) is 15.1. The Bertz CT molecular complexity index is 432. The maximum atomic E-state index is 11.9. The minimum atomic E-state index is -3.22. The molecule has 0 saturated heterocycles. The van der Waals surface area contributed by atoms with Crippen molar-refractivity contribution in [3.8, 4) is 0 Å². The highest BCUT2D eigenvalue weighted by Crippen LogP contribution is 2.17. The van der Waals surface area contributed by atoms with E-state index >= 15 is 0 Å². The Balaban J connectivity index is 2.63. The second-order valence-electron chi connectivity index (χ2n) is 4.30. The Morgan fingerprint density at radius 1 is 1.22 bits per heavy atom. The number of hydrogen-bond donors (Lipinski definition) is 2. The van der Waals surface area contributed by atoms with Crippen LogP contribution >= 0.6 is 0 Å². The van der Waals surface area contributed by atoms with Crippen molar-refractivity contribution in [2.75, 3.05) is 12.3 Å². The zero-order valence-electron chi connectivity index (χ0n) is 10.8. The first-order valence-electron chi connectivity index (χ1n) is 6.34. The van der Waals surface area contributed by atoms with Gasteiger partial charge in [0.2, 0.25) is 10.0 Å². The first-order chi connectivity index (χ1) is 8.59. The molecule has 0 aliphatic carbocycles. The summed E-state index contributed by atoms with van der Waals surface area (Å²) in [6, 6.07) is 9.50. The minimum Gasteiger partial charge on any atom is -0.330 e. The van der Waals surface area contributed by atoms with E-state index in [1.54, 1.807) is 0 Å². The highest BCUT2D eigenvalue weighted by molar-refractivity contribution is 7.89. The maximum Gasteiger partial charge on any atom is 0.212 e. The standard InChI is InChI=1S/C13H22N2O2S/c1-2-13(12-8-4-3-5-9-12)15-18(16,17)11-7-6-10-14/h3-5,8-9,13,15H,2,6-7,10-11,14H2,1H3. The van der Waals surface area contributed by atoms with E-state index in [4.69, 9.17) is 5.73 Å². The van der Waals surface area contributed by atoms with Gasteiger partial charge in [-0.15, -0.1) is 0 Å². The lowest BCUT2D eigenvalue weighted by molar-refractivity contribution is 0.547. The number of nitrogens with one attached hydrogen (secondary N) is 1. The van der Waals surface area contributed by atoms with Crippen molar-refractivity contribution in [1.29, 1.82) is 0 Å². The zero-order valence-corrected chi connectivity index (χ0v) is 11.6. The van der Waals surface area contributed by atoms with Crippen molar-refractivity contribution in [1.82, 2.24) is 4.72 Å². The molecule has 3 N–H and O–H groups in total. The van der Waals surface area contributed by atoms with E-state index in [1.165, 1.54) is 0 Å². The molecule has 1 aromatic carbocycles. The van der Waals surface area contributed by atoms with E-state index in [-0.39, 0.29) is 11.8 Å². The molecule has 0 bridgehead atoms. The minimum absolute atomic E-state index is 0.144. The lowest BCUT2D eigenvalue weighted by Crippen LogP contribution is -2.30. The molecule has 0 aliphatic heterocycles. The van der Waals surface area contributed by atoms with Gasteiger partial charge < -0.3 is 5.73 Å². The molecular formula is C13H22N2O2S. The van der Waals surface area contributed by atoms with E-state index in [0.29, 0.717) is 13.0 Å². The SMILES string of the molecule is CCC(NS(=O)(=O)CCCCN)c1ccccc1. The number of sulfonamides is 1. The summed E-state index contributed by atoms with van der Waals surface area (Å²) in [5, 5.41) is 0. The zero-order chi connectivity index (χ0) is 13.4. The van der Waals surface area contributed by atoms with Crippen molar-refractivity contribution in [3.63, 3.8) is 0 Å². The van der Waals surface area contributed by atoms with Gasteiger partial charge in [0.25, 0.3) is 0 Å². The highest BCUT2D eigenvalue weighted by atomic mass is 32.2. The van der Waals surface area contributed by atoms with Crippen LogP contribution in [0.25, 0.3) is 0 Å². The van der Waals surface area contributed by atoms with Crippen LogP contribution in [0.1, 0.15) is 37.8 Å². The van der Waals surface area contributed by atoms with Crippen LogP contribution < -0.4 is 10.5 Å². The smallest absolute Gasteiger partial charge is 0.212 e. The molecule has 1 atom stereocenters. The highest BCUT2D eigenvalue weighted by Gasteiger charge is 2.17. The Morgan fingerprint density at radius 3 is 2.44 bits per heavy atom. The van der Waals surface area contributed by atoms with Crippen molar-refractivity contribution >= 4 is 10.0 Å². The molecule has 102 valence electrons. The van der Waals surface area contributed by atoms with Crippen molar-refractivity contribution < 1.29 is 8.42 Å². The van der Waals surface area contributed by atoms with Gasteiger partial charge in [-0.2, -0.15) is 0 Å². The summed E-state index contributed by atoms with van der Waals surface area (Å²) in [6.07, 6.45) is 2.08. The van der Waals surface area contributed by atoms with Crippen molar-refractivity contribution in [2.45, 2.75) is 32.2 Å². The molecule has 0 aliphatic rings. The molecular weight excluding hydrogens is 248 g/mol. The molecule has 0 saturated carbocycles. The fourth-order valence-electron chi connectivity index (χ4n) is 1.78. The Kier molecular flexibility index (Phi) is 6.32. The third-order valence-electron chi connectivity index (χ3n) is 2.80. The average Bonchev–Trinajstić information content (AvgIpc) is 2.37. The number of nitrogens with two attached hydrogens (primary N) is 1. The van der Waals surface area contributed by atoms with Gasteiger partial charge in [0, 0.05) is 6.04 Å². The lowest BCUT2D eigenvalue weighted by Gasteiger charge is -2.17. The Morgan fingerprint density at radius 2 is 1.89 bits per heavy atom. The number of unbranched alkanes of at least 4 members (excludes halogenated alkanes) is 1. The quantitative estimate of drug-likeness (QED) is 0.707. The second-order valence-corrected chi connectivity index (χ2v) is 6.18. The van der Waals surface area contributed by atoms with E-state index in [0.717, 1.165) is 18.4 Å². The molecule has 5 heteroatoms. The molecule has 1 unspecified atom stereocenters. The summed E-state index contributed by atoms with van der Waals surface area (Å²) >= 11 is 0. The number of rotatable bonds is 8. The summed E-state index contributed by atoms with van der Waals surface area (Å²) in [4.78, 5) is 0. The van der Waals surface area contributed by atoms with E-state index < -0.39 is 10.0 Å². The van der Waals surface area contributed by atoms with Gasteiger partial charge in [-0.1, -0.05) is 37.3 Å². The summed E-state index contributed by atoms with van der Waals surface area (Å²) in [6.45, 7) is 2.51. The fourth-order valence-corrected chi connectivity index (χ4v) is 3.22. The predicted octanol–water partition coefficient (Wildman–Crippen LogP) is 1.80. The first-order valence-corrected chi connectivity index (χ1v) is 7.99. The second kappa shape index (κ2) is 7.51. The maximum absolute atomic E-state index is 11.9. The lowest BCUT2D eigenvalue weighted by atomic mass is 10.1. The van der Waals surface area contributed by atoms with Gasteiger partial charge in [-0.3, -0.25) is 0 Å². The number of benzene rings is 1. The van der Waals surface area contributed by atoms with Crippen LogP contribution in [0.15, 0.2) is 30.3 Å². The largest absolute Gasteiger partial charge is 0.330 e. The molecule has 0 aromatic heterocycles. The van der Waals surface area contributed by atoms with Gasteiger partial charge in [-0.05, 0) is 31.4 Å². The monoisotopic (exact) mass is 270 g/mol. The molecule has 0 fully saturated rings. The molecule has 0 radical (unpaired) electrons. The fraction of sp³-hybridized carbons (Fsp3) is 0.538. The van der Waals surface area contributed by atoms with Crippen molar-refractivity contribution in [3.05, 3.63) is 35.9 Å². The van der Waals surface area contributed by atoms with Crippen molar-refractivity contribution in [2.24, 2.45) is 5.73 Å². The average molecular weight is 270 g/mol. The summed E-state index contributed by atoms with van der Waals surface area (Å²) in [7, 11) is -3.22. The summed E-state index contributed by atoms with van der Waals surface area (Å²) in [5.41, 5.74) is 6.36. The summed E-state index contributed by atoms with van der Waals surface area (Å²) in [5.74, 6) is 0.146.